The minimum absolute atomic E-state index is 0.0513. The summed E-state index contributed by atoms with van der Waals surface area (Å²) in [6, 6.07) is 13.2. The van der Waals surface area contributed by atoms with Crippen molar-refractivity contribution in [1.29, 1.82) is 0 Å². The van der Waals surface area contributed by atoms with Crippen LogP contribution in [-0.2, 0) is 39.0 Å². The van der Waals surface area contributed by atoms with E-state index in [1.165, 1.54) is 8.61 Å². The van der Waals surface area contributed by atoms with E-state index in [-0.39, 0.29) is 49.2 Å². The van der Waals surface area contributed by atoms with Crippen molar-refractivity contribution in [3.63, 3.8) is 0 Å². The van der Waals surface area contributed by atoms with Gasteiger partial charge in [0.25, 0.3) is 0 Å². The number of rotatable bonds is 4. The summed E-state index contributed by atoms with van der Waals surface area (Å²) < 4.78 is 78.8. The maximum Gasteiger partial charge on any atom is 0.243 e. The van der Waals surface area contributed by atoms with E-state index in [9.17, 15) is 16.8 Å². The van der Waals surface area contributed by atoms with Crippen LogP contribution in [-0.4, -0.2) is 104 Å². The minimum Gasteiger partial charge on any atom is -0.378 e. The van der Waals surface area contributed by atoms with E-state index in [1.54, 1.807) is 48.5 Å². The molecule has 1 heterocycles. The summed E-state index contributed by atoms with van der Waals surface area (Å²) >= 11 is 0. The number of sulfonamides is 2. The minimum atomic E-state index is -3.89. The van der Waals surface area contributed by atoms with Crippen molar-refractivity contribution < 1.29 is 35.8 Å². The fourth-order valence-electron chi connectivity index (χ4n) is 3.74. The molecule has 1 aliphatic rings. The number of hydrogen-bond donors (Lipinski definition) is 0. The second-order valence-corrected chi connectivity index (χ2v) is 12.8. The van der Waals surface area contributed by atoms with Crippen LogP contribution in [0.5, 0.6) is 0 Å². The van der Waals surface area contributed by atoms with Crippen LogP contribution in [0.1, 0.15) is 11.1 Å². The summed E-state index contributed by atoms with van der Waals surface area (Å²) in [5, 5.41) is 0. The van der Waals surface area contributed by atoms with E-state index < -0.39 is 20.0 Å². The quantitative estimate of drug-likeness (QED) is 0.549. The fourth-order valence-corrected chi connectivity index (χ4v) is 6.57. The lowest BCUT2D eigenvalue weighted by Gasteiger charge is -2.27. The van der Waals surface area contributed by atoms with E-state index in [0.717, 1.165) is 11.1 Å². The van der Waals surface area contributed by atoms with Gasteiger partial charge in [-0.05, 0) is 38.1 Å². The number of hydrogen-bond acceptors (Lipinski definition) is 8. The van der Waals surface area contributed by atoms with Crippen LogP contribution in [0.15, 0.2) is 58.3 Å². The molecule has 0 spiro atoms. The Morgan fingerprint density at radius 3 is 1.08 bits per heavy atom. The summed E-state index contributed by atoms with van der Waals surface area (Å²) in [4.78, 5) is 0.287. The summed E-state index contributed by atoms with van der Waals surface area (Å²) in [5.74, 6) is 0. The Morgan fingerprint density at radius 2 is 0.763 bits per heavy atom. The van der Waals surface area contributed by atoms with Crippen LogP contribution in [0.25, 0.3) is 0 Å². The van der Waals surface area contributed by atoms with Crippen LogP contribution in [0.4, 0.5) is 0 Å². The highest BCUT2D eigenvalue weighted by Gasteiger charge is 2.29. The van der Waals surface area contributed by atoms with Gasteiger partial charge in [0.05, 0.1) is 62.6 Å². The van der Waals surface area contributed by atoms with Gasteiger partial charge in [-0.3, -0.25) is 0 Å². The summed E-state index contributed by atoms with van der Waals surface area (Å²) in [6.07, 6.45) is 0. The maximum atomic E-state index is 13.5. The molecular weight excluding hydrogens is 532 g/mol. The van der Waals surface area contributed by atoms with Gasteiger partial charge in [-0.25, -0.2) is 16.8 Å². The van der Waals surface area contributed by atoms with Gasteiger partial charge < -0.3 is 18.9 Å². The predicted molar refractivity (Wildman–Crippen MR) is 143 cm³/mol. The zero-order valence-corrected chi connectivity index (χ0v) is 23.7. The van der Waals surface area contributed by atoms with Crippen molar-refractivity contribution in [3.8, 4) is 0 Å². The van der Waals surface area contributed by atoms with E-state index in [2.05, 4.69) is 0 Å². The van der Waals surface area contributed by atoms with Gasteiger partial charge in [0.1, 0.15) is 0 Å². The molecule has 3 rings (SSSR count). The summed E-state index contributed by atoms with van der Waals surface area (Å²) in [6.45, 7) is 6.18. The second-order valence-electron chi connectivity index (χ2n) is 8.88. The molecule has 12 heteroatoms. The van der Waals surface area contributed by atoms with Gasteiger partial charge in [0.15, 0.2) is 0 Å². The number of benzene rings is 2. The summed E-state index contributed by atoms with van der Waals surface area (Å²) in [5.41, 5.74) is 1.88. The third-order valence-corrected chi connectivity index (χ3v) is 9.83. The van der Waals surface area contributed by atoms with Gasteiger partial charge in [-0.1, -0.05) is 35.4 Å². The fraction of sp³-hybridized carbons (Fsp3) is 0.538. The second kappa shape index (κ2) is 15.0. The van der Waals surface area contributed by atoms with E-state index in [1.807, 2.05) is 13.8 Å². The van der Waals surface area contributed by atoms with Crippen molar-refractivity contribution in [1.82, 2.24) is 8.61 Å². The third kappa shape index (κ3) is 9.09. The van der Waals surface area contributed by atoms with Crippen molar-refractivity contribution >= 4 is 20.0 Å². The zero-order chi connectivity index (χ0) is 27.4. The van der Waals surface area contributed by atoms with Gasteiger partial charge >= 0.3 is 0 Å². The van der Waals surface area contributed by atoms with Crippen LogP contribution in [0, 0.1) is 13.8 Å². The van der Waals surface area contributed by atoms with Crippen LogP contribution in [0.2, 0.25) is 0 Å². The first kappa shape index (κ1) is 30.6. The molecule has 1 aliphatic heterocycles. The highest BCUT2D eigenvalue weighted by Crippen LogP contribution is 2.19. The highest BCUT2D eigenvalue weighted by molar-refractivity contribution is 7.89. The maximum absolute atomic E-state index is 13.5. The first-order chi connectivity index (χ1) is 18.2. The Morgan fingerprint density at radius 1 is 0.474 bits per heavy atom. The number of ether oxygens (including phenoxy) is 4. The molecule has 212 valence electrons. The van der Waals surface area contributed by atoms with Gasteiger partial charge in [0, 0.05) is 26.2 Å². The Hall–Kier alpha value is -1.90. The van der Waals surface area contributed by atoms with Crippen molar-refractivity contribution in [2.75, 3.05) is 79.0 Å². The molecule has 0 unspecified atom stereocenters. The van der Waals surface area contributed by atoms with Crippen molar-refractivity contribution in [2.45, 2.75) is 23.6 Å². The molecule has 0 saturated carbocycles. The molecule has 2 aromatic rings. The molecule has 2 aromatic carbocycles. The number of nitrogens with zero attached hydrogens (tertiary/aromatic N) is 2. The topological polar surface area (TPSA) is 112 Å². The first-order valence-electron chi connectivity index (χ1n) is 12.7. The van der Waals surface area contributed by atoms with Gasteiger partial charge in [-0.2, -0.15) is 8.61 Å². The van der Waals surface area contributed by atoms with Crippen molar-refractivity contribution in [2.24, 2.45) is 0 Å². The van der Waals surface area contributed by atoms with Crippen LogP contribution >= 0.6 is 0 Å². The smallest absolute Gasteiger partial charge is 0.243 e. The molecule has 10 nitrogen and oxygen atoms in total. The molecule has 38 heavy (non-hydrogen) atoms. The molecule has 0 amide bonds. The average Bonchev–Trinajstić information content (AvgIpc) is 2.89. The van der Waals surface area contributed by atoms with E-state index in [0.29, 0.717) is 39.6 Å². The van der Waals surface area contributed by atoms with Crippen molar-refractivity contribution in [3.05, 3.63) is 59.7 Å². The average molecular weight is 571 g/mol. The SMILES string of the molecule is Cc1ccc(S(=O)(=O)N2CCOCCOCCOCCOCCN(S(=O)(=O)c3ccc(C)cc3)CC2)cc1. The lowest BCUT2D eigenvalue weighted by atomic mass is 10.2. The zero-order valence-electron chi connectivity index (χ0n) is 22.1. The Kier molecular flexibility index (Phi) is 12.1. The van der Waals surface area contributed by atoms with E-state index >= 15 is 0 Å². The molecule has 0 radical (unpaired) electrons. The Balaban J connectivity index is 1.84. The Bertz CT molecular complexity index is 1090. The predicted octanol–water partition coefficient (Wildman–Crippen LogP) is 2.07. The largest absolute Gasteiger partial charge is 0.378 e. The number of aryl methyl sites for hydroxylation is 2. The van der Waals surface area contributed by atoms with Crippen LogP contribution in [0.3, 0.4) is 0 Å². The Labute approximate surface area is 226 Å². The molecule has 0 N–H and O–H groups in total. The van der Waals surface area contributed by atoms with Crippen LogP contribution < -0.4 is 0 Å². The molecule has 1 saturated heterocycles. The molecule has 0 aliphatic carbocycles. The first-order valence-corrected chi connectivity index (χ1v) is 15.5. The van der Waals surface area contributed by atoms with Gasteiger partial charge in [-0.15, -0.1) is 0 Å². The molecule has 1 fully saturated rings. The normalized spacial score (nSPS) is 19.4. The third-order valence-electron chi connectivity index (χ3n) is 6.00. The molecular formula is C26H38N2O8S2. The monoisotopic (exact) mass is 570 g/mol. The highest BCUT2D eigenvalue weighted by atomic mass is 32.2. The molecule has 0 bridgehead atoms. The van der Waals surface area contributed by atoms with E-state index in [4.69, 9.17) is 18.9 Å². The summed E-state index contributed by atoms with van der Waals surface area (Å²) in [7, 11) is -7.79. The lowest BCUT2D eigenvalue weighted by Crippen LogP contribution is -2.43. The molecule has 0 atom stereocenters. The lowest BCUT2D eigenvalue weighted by molar-refractivity contribution is -0.00417. The molecule has 0 aromatic heterocycles. The van der Waals surface area contributed by atoms with Gasteiger partial charge in [0.2, 0.25) is 20.0 Å². The standard InChI is InChI=1S/C26H38N2O8S2/c1-23-3-7-25(8-4-23)37(29,30)27-11-12-28(38(31,32)26-9-5-24(2)6-10-26)14-16-34-18-20-36-22-21-35-19-17-33-15-13-27/h3-10H,11-22H2,1-2H3.